The van der Waals surface area contributed by atoms with Gasteiger partial charge < -0.3 is 14.6 Å². The molecule has 0 aliphatic heterocycles. The standard InChI is InChI=1S/C27H26N2O4S/c1-28(2)25-11-5-9-23-22(25)8-6-12-26(23)29(34(32)33)24-10-4-3-7-20(24)16-13-19-14-17-21(18-15-19)27(30)31/h3-12,14-15,17-18H,13,16H2,1-2H3,(H,30,31)(H,32,33)/p-1. The number of nitrogens with zero attached hydrogens (tertiary/aromatic N) is 2. The van der Waals surface area contributed by atoms with E-state index in [4.69, 9.17) is 5.11 Å². The van der Waals surface area contributed by atoms with Gasteiger partial charge in [-0.3, -0.25) is 8.51 Å². The molecule has 0 spiro atoms. The quantitative estimate of drug-likeness (QED) is 0.350. The maximum Gasteiger partial charge on any atom is 0.335 e. The van der Waals surface area contributed by atoms with Gasteiger partial charge in [0.15, 0.2) is 0 Å². The van der Waals surface area contributed by atoms with Crippen LogP contribution in [0, 0.1) is 0 Å². The number of carbonyl (C=O) groups is 1. The van der Waals surface area contributed by atoms with Gasteiger partial charge in [0.1, 0.15) is 0 Å². The Morgan fingerprint density at radius 3 is 2.00 bits per heavy atom. The van der Waals surface area contributed by atoms with Gasteiger partial charge in [-0.1, -0.05) is 54.6 Å². The summed E-state index contributed by atoms with van der Waals surface area (Å²) in [6.45, 7) is 0. The van der Waals surface area contributed by atoms with E-state index in [1.807, 2.05) is 79.7 Å². The number of hydrogen-bond donors (Lipinski definition) is 1. The molecule has 1 unspecified atom stereocenters. The number of anilines is 3. The largest absolute Gasteiger partial charge is 0.755 e. The van der Waals surface area contributed by atoms with Crippen LogP contribution in [0.2, 0.25) is 0 Å². The number of rotatable bonds is 8. The first-order valence-electron chi connectivity index (χ1n) is 10.9. The van der Waals surface area contributed by atoms with Crippen LogP contribution in [0.4, 0.5) is 17.1 Å². The molecule has 4 rings (SSSR count). The average Bonchev–Trinajstić information content (AvgIpc) is 2.83. The number of fused-ring (bicyclic) bond motifs is 1. The zero-order valence-corrected chi connectivity index (χ0v) is 19.8. The second-order valence-electron chi connectivity index (χ2n) is 8.19. The van der Waals surface area contributed by atoms with E-state index in [0.29, 0.717) is 24.2 Å². The summed E-state index contributed by atoms with van der Waals surface area (Å²) in [5.41, 5.74) is 4.30. The Morgan fingerprint density at radius 1 is 0.794 bits per heavy atom. The molecule has 0 fully saturated rings. The van der Waals surface area contributed by atoms with E-state index in [1.54, 1.807) is 24.3 Å². The van der Waals surface area contributed by atoms with E-state index in [0.717, 1.165) is 27.6 Å². The van der Waals surface area contributed by atoms with Crippen molar-refractivity contribution >= 4 is 45.1 Å². The van der Waals surface area contributed by atoms with Crippen LogP contribution in [0.1, 0.15) is 21.5 Å². The molecule has 34 heavy (non-hydrogen) atoms. The highest BCUT2D eigenvalue weighted by molar-refractivity contribution is 7.81. The molecule has 0 bridgehead atoms. The predicted molar refractivity (Wildman–Crippen MR) is 137 cm³/mol. The summed E-state index contributed by atoms with van der Waals surface area (Å²) in [5, 5.41) is 10.9. The molecule has 0 aromatic heterocycles. The molecule has 174 valence electrons. The number of carboxylic acid groups (broad SMARTS) is 1. The third-order valence-electron chi connectivity index (χ3n) is 5.82. The fourth-order valence-electron chi connectivity index (χ4n) is 4.15. The van der Waals surface area contributed by atoms with Crippen LogP contribution in [0.25, 0.3) is 10.8 Å². The predicted octanol–water partition coefficient (Wildman–Crippen LogP) is 5.32. The minimum Gasteiger partial charge on any atom is -0.755 e. The molecule has 4 aromatic carbocycles. The summed E-state index contributed by atoms with van der Waals surface area (Å²) in [4.78, 5) is 13.1. The van der Waals surface area contributed by atoms with Crippen molar-refractivity contribution in [1.82, 2.24) is 0 Å². The van der Waals surface area contributed by atoms with Gasteiger partial charge in [0.25, 0.3) is 0 Å². The number of hydrogen-bond acceptors (Lipinski definition) is 4. The summed E-state index contributed by atoms with van der Waals surface area (Å²) in [6, 6.07) is 25.8. The van der Waals surface area contributed by atoms with E-state index in [-0.39, 0.29) is 5.56 Å². The highest BCUT2D eigenvalue weighted by Crippen LogP contribution is 2.38. The van der Waals surface area contributed by atoms with E-state index in [9.17, 15) is 13.6 Å². The molecule has 0 saturated heterocycles. The number of carboxylic acids is 1. The van der Waals surface area contributed by atoms with Crippen LogP contribution in [0.15, 0.2) is 84.9 Å². The van der Waals surface area contributed by atoms with Crippen molar-refractivity contribution in [3.8, 4) is 0 Å². The summed E-state index contributed by atoms with van der Waals surface area (Å²) in [6.07, 6.45) is 1.25. The zero-order valence-electron chi connectivity index (χ0n) is 19.0. The van der Waals surface area contributed by atoms with Crippen LogP contribution >= 0.6 is 0 Å². The molecular weight excluding hydrogens is 448 g/mol. The maximum atomic E-state index is 12.6. The van der Waals surface area contributed by atoms with Gasteiger partial charge in [0, 0.05) is 30.6 Å². The van der Waals surface area contributed by atoms with E-state index in [2.05, 4.69) is 0 Å². The van der Waals surface area contributed by atoms with Crippen molar-refractivity contribution in [2.75, 3.05) is 23.3 Å². The van der Waals surface area contributed by atoms with Gasteiger partial charge >= 0.3 is 5.97 Å². The van der Waals surface area contributed by atoms with Crippen molar-refractivity contribution in [3.05, 3.63) is 102 Å². The summed E-state index contributed by atoms with van der Waals surface area (Å²) >= 11 is -2.54. The fraction of sp³-hybridized carbons (Fsp3) is 0.148. The van der Waals surface area contributed by atoms with Gasteiger partial charge in [0.2, 0.25) is 0 Å². The molecule has 7 heteroatoms. The number of aryl methyl sites for hydroxylation is 2. The lowest BCUT2D eigenvalue weighted by Crippen LogP contribution is -2.21. The van der Waals surface area contributed by atoms with E-state index in [1.165, 1.54) is 4.31 Å². The molecule has 6 nitrogen and oxygen atoms in total. The zero-order chi connectivity index (χ0) is 24.2. The topological polar surface area (TPSA) is 83.9 Å². The van der Waals surface area contributed by atoms with Crippen molar-refractivity contribution in [2.45, 2.75) is 12.8 Å². The second-order valence-corrected chi connectivity index (χ2v) is 8.99. The van der Waals surface area contributed by atoms with Crippen molar-refractivity contribution in [3.63, 3.8) is 0 Å². The maximum absolute atomic E-state index is 12.6. The van der Waals surface area contributed by atoms with E-state index >= 15 is 0 Å². The first-order chi connectivity index (χ1) is 16.4. The van der Waals surface area contributed by atoms with Gasteiger partial charge in [-0.25, -0.2) is 4.79 Å². The SMILES string of the molecule is CN(C)c1cccc2c(N(c3ccccc3CCc3ccc(C(=O)O)cc3)S(=O)[O-])cccc12. The number of benzene rings is 4. The van der Waals surface area contributed by atoms with Crippen LogP contribution in [-0.4, -0.2) is 33.9 Å². The Morgan fingerprint density at radius 2 is 1.38 bits per heavy atom. The minimum absolute atomic E-state index is 0.241. The number of para-hydroxylation sites is 1. The van der Waals surface area contributed by atoms with Crippen molar-refractivity contribution < 1.29 is 18.7 Å². The van der Waals surface area contributed by atoms with Crippen LogP contribution in [0.5, 0.6) is 0 Å². The third-order valence-corrected chi connectivity index (χ3v) is 6.51. The molecule has 1 atom stereocenters. The van der Waals surface area contributed by atoms with Gasteiger partial charge in [-0.15, -0.1) is 0 Å². The van der Waals surface area contributed by atoms with Gasteiger partial charge in [-0.05, 0) is 54.3 Å². The second kappa shape index (κ2) is 10.1. The average molecular weight is 474 g/mol. The molecule has 0 aliphatic rings. The highest BCUT2D eigenvalue weighted by Gasteiger charge is 2.18. The van der Waals surface area contributed by atoms with Gasteiger partial charge in [-0.2, -0.15) is 0 Å². The van der Waals surface area contributed by atoms with Crippen LogP contribution in [-0.2, 0) is 24.1 Å². The molecule has 4 aromatic rings. The molecule has 0 amide bonds. The monoisotopic (exact) mass is 473 g/mol. The Bertz CT molecular complexity index is 1350. The molecule has 0 heterocycles. The molecule has 1 N–H and O–H groups in total. The lowest BCUT2D eigenvalue weighted by atomic mass is 10.0. The van der Waals surface area contributed by atoms with E-state index < -0.39 is 17.2 Å². The van der Waals surface area contributed by atoms with Crippen LogP contribution < -0.4 is 9.21 Å². The Hall–Kier alpha value is -3.68. The van der Waals surface area contributed by atoms with Crippen molar-refractivity contribution in [1.29, 1.82) is 0 Å². The lowest BCUT2D eigenvalue weighted by Gasteiger charge is -2.30. The molecule has 0 aliphatic carbocycles. The highest BCUT2D eigenvalue weighted by atomic mass is 32.2. The normalized spacial score (nSPS) is 11.9. The first kappa shape index (κ1) is 23.5. The lowest BCUT2D eigenvalue weighted by molar-refractivity contribution is 0.0697. The fourth-order valence-corrected chi connectivity index (χ4v) is 4.81. The summed E-state index contributed by atoms with van der Waals surface area (Å²) in [7, 11) is 3.92. The smallest absolute Gasteiger partial charge is 0.335 e. The molecule has 0 radical (unpaired) electrons. The van der Waals surface area contributed by atoms with Gasteiger partial charge in [0.05, 0.1) is 28.2 Å². The molecular formula is C27H25N2O4S-. The minimum atomic E-state index is -2.54. The van der Waals surface area contributed by atoms with Crippen molar-refractivity contribution in [2.24, 2.45) is 0 Å². The summed E-state index contributed by atoms with van der Waals surface area (Å²) in [5.74, 6) is -0.960. The molecule has 0 saturated carbocycles. The van der Waals surface area contributed by atoms with Crippen LogP contribution in [0.3, 0.4) is 0 Å². The summed E-state index contributed by atoms with van der Waals surface area (Å²) < 4.78 is 26.5. The Kier molecular flexibility index (Phi) is 6.95. The Balaban J connectivity index is 1.72. The third kappa shape index (κ3) is 4.81. The number of aromatic carboxylic acids is 1. The first-order valence-corrected chi connectivity index (χ1v) is 11.9. The Labute approximate surface area is 201 Å².